The van der Waals surface area contributed by atoms with Crippen molar-refractivity contribution in [2.45, 2.75) is 0 Å². The van der Waals surface area contributed by atoms with E-state index in [-0.39, 0.29) is 5.82 Å². The maximum Gasteiger partial charge on any atom is 0.125 e. The summed E-state index contributed by atoms with van der Waals surface area (Å²) in [5.74, 6) is -0.290. The molecular weight excluding hydrogens is 133 g/mol. The third kappa shape index (κ3) is 0.655. The number of hydrogen-bond donors (Lipinski definition) is 1. The number of fused-ring (bicyclic) bond motifs is 1. The van der Waals surface area contributed by atoms with Crippen LogP contribution in [-0.4, -0.2) is 15.4 Å². The fourth-order valence-electron chi connectivity index (χ4n) is 0.813. The van der Waals surface area contributed by atoms with E-state index in [1.807, 2.05) is 0 Å². The molecule has 1 aromatic heterocycles. The van der Waals surface area contributed by atoms with Gasteiger partial charge >= 0.3 is 0 Å². The predicted molar refractivity (Wildman–Crippen MR) is 33.8 cm³/mol. The quantitative estimate of drug-likeness (QED) is 0.590. The molecule has 0 aliphatic rings. The fraction of sp³-hybridized carbons (Fsp3) is 0. The first-order chi connectivity index (χ1) is 4.86. The molecule has 0 bridgehead atoms. The van der Waals surface area contributed by atoms with Gasteiger partial charge in [-0.15, -0.1) is 0 Å². The Morgan fingerprint density at radius 2 is 2.00 bits per heavy atom. The summed E-state index contributed by atoms with van der Waals surface area (Å²) in [5.41, 5.74) is 1.24. The molecular formula is C6H4FN3. The normalized spacial score (nSPS) is 10.5. The van der Waals surface area contributed by atoms with Gasteiger partial charge in [0.05, 0.1) is 0 Å². The lowest BCUT2D eigenvalue weighted by Crippen LogP contribution is -1.72. The minimum Gasteiger partial charge on any atom is -0.207 e. The van der Waals surface area contributed by atoms with Gasteiger partial charge in [-0.05, 0) is 12.1 Å². The van der Waals surface area contributed by atoms with Crippen molar-refractivity contribution in [3.63, 3.8) is 0 Å². The van der Waals surface area contributed by atoms with Crippen molar-refractivity contribution in [3.05, 3.63) is 24.0 Å². The van der Waals surface area contributed by atoms with E-state index in [0.717, 1.165) is 0 Å². The smallest absolute Gasteiger partial charge is 0.125 e. The van der Waals surface area contributed by atoms with Crippen LogP contribution in [0.2, 0.25) is 0 Å². The Hall–Kier alpha value is -1.45. The number of nitrogens with zero attached hydrogens (tertiary/aromatic N) is 2. The summed E-state index contributed by atoms with van der Waals surface area (Å²) in [6.45, 7) is 0. The van der Waals surface area contributed by atoms with E-state index in [2.05, 4.69) is 15.4 Å². The highest BCUT2D eigenvalue weighted by molar-refractivity contribution is 5.72. The van der Waals surface area contributed by atoms with Crippen LogP contribution in [0.25, 0.3) is 11.0 Å². The van der Waals surface area contributed by atoms with Crippen molar-refractivity contribution >= 4 is 11.0 Å². The first-order valence-electron chi connectivity index (χ1n) is 2.82. The van der Waals surface area contributed by atoms with Crippen molar-refractivity contribution in [1.82, 2.24) is 15.4 Å². The standard InChI is InChI=1S/C6H4FN3/c7-4-1-2-5-6(3-4)9-10-8-5/h1-3H,(H,8,9,10). The molecule has 0 unspecified atom stereocenters. The van der Waals surface area contributed by atoms with E-state index in [1.54, 1.807) is 6.07 Å². The molecule has 1 heterocycles. The van der Waals surface area contributed by atoms with Crippen molar-refractivity contribution in [1.29, 1.82) is 0 Å². The third-order valence-electron chi connectivity index (χ3n) is 1.28. The number of halogens is 1. The average Bonchev–Trinajstić information content (AvgIpc) is 2.33. The van der Waals surface area contributed by atoms with Gasteiger partial charge in [0, 0.05) is 6.07 Å². The van der Waals surface area contributed by atoms with Crippen LogP contribution in [0.5, 0.6) is 0 Å². The summed E-state index contributed by atoms with van der Waals surface area (Å²) in [5, 5.41) is 9.86. The molecule has 2 aromatic rings. The second-order valence-corrected chi connectivity index (χ2v) is 1.96. The van der Waals surface area contributed by atoms with E-state index in [4.69, 9.17) is 0 Å². The second kappa shape index (κ2) is 1.76. The van der Waals surface area contributed by atoms with Crippen LogP contribution in [0.3, 0.4) is 0 Å². The van der Waals surface area contributed by atoms with Gasteiger partial charge in [0.25, 0.3) is 0 Å². The van der Waals surface area contributed by atoms with E-state index < -0.39 is 0 Å². The van der Waals surface area contributed by atoms with Crippen molar-refractivity contribution in [3.8, 4) is 0 Å². The molecule has 50 valence electrons. The number of H-pyrrole nitrogens is 1. The Morgan fingerprint density at radius 1 is 1.20 bits per heavy atom. The molecule has 0 saturated carbocycles. The number of benzene rings is 1. The van der Waals surface area contributed by atoms with Gasteiger partial charge in [-0.3, -0.25) is 0 Å². The molecule has 4 heteroatoms. The topological polar surface area (TPSA) is 41.6 Å². The number of aromatic amines is 1. The van der Waals surface area contributed by atoms with E-state index in [1.165, 1.54) is 12.1 Å². The molecule has 2 rings (SSSR count). The van der Waals surface area contributed by atoms with Crippen LogP contribution in [0.1, 0.15) is 0 Å². The predicted octanol–water partition coefficient (Wildman–Crippen LogP) is 1.10. The zero-order chi connectivity index (χ0) is 6.97. The molecule has 0 fully saturated rings. The van der Waals surface area contributed by atoms with Gasteiger partial charge in [0.2, 0.25) is 0 Å². The lowest BCUT2D eigenvalue weighted by molar-refractivity contribution is 0.629. The fourth-order valence-corrected chi connectivity index (χ4v) is 0.813. The highest BCUT2D eigenvalue weighted by Crippen LogP contribution is 2.07. The summed E-state index contributed by atoms with van der Waals surface area (Å²) in [4.78, 5) is 0. The summed E-state index contributed by atoms with van der Waals surface area (Å²) < 4.78 is 12.4. The van der Waals surface area contributed by atoms with Crippen LogP contribution in [0.4, 0.5) is 4.39 Å². The Morgan fingerprint density at radius 3 is 2.90 bits per heavy atom. The van der Waals surface area contributed by atoms with Crippen LogP contribution in [-0.2, 0) is 0 Å². The minimum atomic E-state index is -0.290. The third-order valence-corrected chi connectivity index (χ3v) is 1.28. The maximum atomic E-state index is 12.4. The SMILES string of the molecule is Fc1ccc2n[nH]nc2c1. The highest BCUT2D eigenvalue weighted by atomic mass is 19.1. The Bertz CT molecular complexity index is 355. The maximum absolute atomic E-state index is 12.4. The highest BCUT2D eigenvalue weighted by Gasteiger charge is 1.96. The molecule has 3 nitrogen and oxygen atoms in total. The van der Waals surface area contributed by atoms with Crippen LogP contribution < -0.4 is 0 Å². The van der Waals surface area contributed by atoms with E-state index >= 15 is 0 Å². The molecule has 0 amide bonds. The number of aromatic nitrogens is 3. The summed E-state index contributed by atoms with van der Waals surface area (Å²) >= 11 is 0. The van der Waals surface area contributed by atoms with Gasteiger partial charge in [-0.25, -0.2) is 4.39 Å². The number of nitrogens with one attached hydrogen (secondary N) is 1. The zero-order valence-electron chi connectivity index (χ0n) is 5.00. The Labute approximate surface area is 55.9 Å². The van der Waals surface area contributed by atoms with Gasteiger partial charge in [0.1, 0.15) is 16.9 Å². The lowest BCUT2D eigenvalue weighted by Gasteiger charge is -1.83. The summed E-state index contributed by atoms with van der Waals surface area (Å²) in [7, 11) is 0. The average molecular weight is 137 g/mol. The second-order valence-electron chi connectivity index (χ2n) is 1.96. The Kier molecular flexibility index (Phi) is 0.943. The first-order valence-corrected chi connectivity index (χ1v) is 2.82. The van der Waals surface area contributed by atoms with Crippen LogP contribution in [0, 0.1) is 5.82 Å². The van der Waals surface area contributed by atoms with E-state index in [9.17, 15) is 4.39 Å². The van der Waals surface area contributed by atoms with Gasteiger partial charge in [0.15, 0.2) is 0 Å². The Balaban J connectivity index is 2.86. The molecule has 0 spiro atoms. The van der Waals surface area contributed by atoms with Crippen molar-refractivity contribution < 1.29 is 4.39 Å². The monoisotopic (exact) mass is 137 g/mol. The number of hydrogen-bond acceptors (Lipinski definition) is 2. The molecule has 0 radical (unpaired) electrons. The summed E-state index contributed by atoms with van der Waals surface area (Å²) in [6, 6.07) is 4.26. The molecule has 1 aromatic carbocycles. The van der Waals surface area contributed by atoms with Gasteiger partial charge in [-0.2, -0.15) is 15.4 Å². The number of rotatable bonds is 0. The van der Waals surface area contributed by atoms with Crippen molar-refractivity contribution in [2.75, 3.05) is 0 Å². The molecule has 0 atom stereocenters. The van der Waals surface area contributed by atoms with Crippen molar-refractivity contribution in [2.24, 2.45) is 0 Å². The van der Waals surface area contributed by atoms with Crippen LogP contribution in [0.15, 0.2) is 18.2 Å². The lowest BCUT2D eigenvalue weighted by atomic mass is 10.3. The summed E-state index contributed by atoms with van der Waals surface area (Å²) in [6.07, 6.45) is 0. The van der Waals surface area contributed by atoms with E-state index in [0.29, 0.717) is 11.0 Å². The molecule has 0 saturated heterocycles. The molecule has 0 aliphatic carbocycles. The molecule has 1 N–H and O–H groups in total. The van der Waals surface area contributed by atoms with Gasteiger partial charge < -0.3 is 0 Å². The largest absolute Gasteiger partial charge is 0.207 e. The van der Waals surface area contributed by atoms with Crippen LogP contribution >= 0.6 is 0 Å². The van der Waals surface area contributed by atoms with Gasteiger partial charge in [-0.1, -0.05) is 0 Å². The zero-order valence-corrected chi connectivity index (χ0v) is 5.00. The first kappa shape index (κ1) is 5.34. The minimum absolute atomic E-state index is 0.290. The molecule has 10 heavy (non-hydrogen) atoms. The molecule has 0 aliphatic heterocycles.